The van der Waals surface area contributed by atoms with Crippen LogP contribution in [0.1, 0.15) is 21.5 Å². The molecule has 3 rings (SSSR count). The molecule has 5 nitrogen and oxygen atoms in total. The minimum absolute atomic E-state index is 0.223. The Balaban J connectivity index is 1.93. The Morgan fingerprint density at radius 2 is 1.46 bits per heavy atom. The molecule has 0 saturated heterocycles. The fourth-order valence-corrected chi connectivity index (χ4v) is 4.43. The first-order chi connectivity index (χ1) is 13.5. The summed E-state index contributed by atoms with van der Waals surface area (Å²) in [4.78, 5) is 11.7. The Morgan fingerprint density at radius 3 is 2.11 bits per heavy atom. The van der Waals surface area contributed by atoms with E-state index in [9.17, 15) is 13.2 Å². The number of sulfonamides is 1. The Labute approximate surface area is 165 Å². The molecule has 0 fully saturated rings. The second-order valence-corrected chi connectivity index (χ2v) is 8.17. The van der Waals surface area contributed by atoms with Gasteiger partial charge in [0.25, 0.3) is 0 Å². The van der Waals surface area contributed by atoms with Crippen molar-refractivity contribution in [2.24, 2.45) is 0 Å². The van der Waals surface area contributed by atoms with Crippen LogP contribution in [0.15, 0.2) is 84.9 Å². The third kappa shape index (κ3) is 4.78. The lowest BCUT2D eigenvalue weighted by molar-refractivity contribution is 0.0600. The van der Waals surface area contributed by atoms with Gasteiger partial charge in [0.1, 0.15) is 0 Å². The summed E-state index contributed by atoms with van der Waals surface area (Å²) in [5.41, 5.74) is 2.33. The van der Waals surface area contributed by atoms with Gasteiger partial charge in [-0.1, -0.05) is 60.7 Å². The second-order valence-electron chi connectivity index (χ2n) is 6.28. The summed E-state index contributed by atoms with van der Waals surface area (Å²) in [5.74, 6) is -0.719. The van der Waals surface area contributed by atoms with Gasteiger partial charge >= 0.3 is 5.97 Å². The Morgan fingerprint density at radius 1 is 0.857 bits per heavy atom. The summed E-state index contributed by atoms with van der Waals surface area (Å²) >= 11 is 0. The minimum Gasteiger partial charge on any atom is -0.465 e. The molecular formula is C22H21NO4S. The fraction of sp³-hybridized carbons (Fsp3) is 0.136. The van der Waals surface area contributed by atoms with Crippen LogP contribution in [0.2, 0.25) is 0 Å². The molecular weight excluding hydrogens is 374 g/mol. The molecule has 3 aromatic rings. The monoisotopic (exact) mass is 395 g/mol. The number of anilines is 1. The molecule has 0 aromatic heterocycles. The van der Waals surface area contributed by atoms with E-state index in [-0.39, 0.29) is 12.3 Å². The van der Waals surface area contributed by atoms with E-state index < -0.39 is 16.0 Å². The standard InChI is InChI=1S/C22H21NO4S/c1-27-22(24)20-12-8-11-19(15-20)17-28(25,26)23(21-13-6-3-7-14-21)16-18-9-4-2-5-10-18/h2-15H,16-17H2,1H3. The van der Waals surface area contributed by atoms with Gasteiger partial charge in [0.15, 0.2) is 0 Å². The summed E-state index contributed by atoms with van der Waals surface area (Å²) in [6.45, 7) is 0.226. The second kappa shape index (κ2) is 8.71. The number of nitrogens with zero attached hydrogens (tertiary/aromatic N) is 1. The third-order valence-electron chi connectivity index (χ3n) is 4.25. The molecule has 28 heavy (non-hydrogen) atoms. The van der Waals surface area contributed by atoms with Crippen LogP contribution >= 0.6 is 0 Å². The highest BCUT2D eigenvalue weighted by Crippen LogP contribution is 2.23. The van der Waals surface area contributed by atoms with Gasteiger partial charge in [0, 0.05) is 0 Å². The molecule has 0 aliphatic rings. The lowest BCUT2D eigenvalue weighted by atomic mass is 10.1. The molecule has 0 aliphatic heterocycles. The van der Waals surface area contributed by atoms with Crippen molar-refractivity contribution in [3.63, 3.8) is 0 Å². The van der Waals surface area contributed by atoms with Gasteiger partial charge in [0.2, 0.25) is 10.0 Å². The van der Waals surface area contributed by atoms with Crippen LogP contribution in [-0.4, -0.2) is 21.5 Å². The predicted octanol–water partition coefficient (Wildman–Crippen LogP) is 4.01. The minimum atomic E-state index is -3.69. The number of methoxy groups -OCH3 is 1. The summed E-state index contributed by atoms with van der Waals surface area (Å²) in [6, 6.07) is 24.9. The number of para-hydroxylation sites is 1. The maximum absolute atomic E-state index is 13.3. The number of benzene rings is 3. The largest absolute Gasteiger partial charge is 0.465 e. The van der Waals surface area contributed by atoms with E-state index >= 15 is 0 Å². The highest BCUT2D eigenvalue weighted by Gasteiger charge is 2.24. The average Bonchev–Trinajstić information content (AvgIpc) is 2.72. The molecule has 0 saturated carbocycles. The highest BCUT2D eigenvalue weighted by atomic mass is 32.2. The van der Waals surface area contributed by atoms with Gasteiger partial charge in [-0.05, 0) is 35.4 Å². The molecule has 0 unspecified atom stereocenters. The predicted molar refractivity (Wildman–Crippen MR) is 109 cm³/mol. The molecule has 0 spiro atoms. The van der Waals surface area contributed by atoms with Gasteiger partial charge in [-0.15, -0.1) is 0 Å². The zero-order chi connectivity index (χ0) is 20.0. The fourth-order valence-electron chi connectivity index (χ4n) is 2.89. The molecule has 0 atom stereocenters. The first-order valence-corrected chi connectivity index (χ1v) is 10.4. The van der Waals surface area contributed by atoms with Crippen LogP contribution in [0.5, 0.6) is 0 Å². The van der Waals surface area contributed by atoms with Crippen molar-refractivity contribution < 1.29 is 17.9 Å². The number of rotatable bonds is 7. The van der Waals surface area contributed by atoms with E-state index in [1.54, 1.807) is 48.5 Å². The molecule has 0 heterocycles. The van der Waals surface area contributed by atoms with Gasteiger partial charge < -0.3 is 4.74 Å². The van der Waals surface area contributed by atoms with Crippen LogP contribution in [0.4, 0.5) is 5.69 Å². The van der Waals surface area contributed by atoms with Gasteiger partial charge in [-0.2, -0.15) is 0 Å². The number of esters is 1. The molecule has 0 bridgehead atoms. The lowest BCUT2D eigenvalue weighted by Gasteiger charge is -2.25. The van der Waals surface area contributed by atoms with Crippen LogP contribution in [-0.2, 0) is 27.1 Å². The number of carbonyl (C=O) groups is 1. The highest BCUT2D eigenvalue weighted by molar-refractivity contribution is 7.92. The molecule has 0 amide bonds. The molecule has 0 radical (unpaired) electrons. The first-order valence-electron chi connectivity index (χ1n) is 8.76. The van der Waals surface area contributed by atoms with Gasteiger partial charge in [-0.25, -0.2) is 13.2 Å². The van der Waals surface area contributed by atoms with E-state index in [0.717, 1.165) is 5.56 Å². The SMILES string of the molecule is COC(=O)c1cccc(CS(=O)(=O)N(Cc2ccccc2)c2ccccc2)c1. The molecule has 6 heteroatoms. The van der Waals surface area contributed by atoms with E-state index in [1.165, 1.54) is 11.4 Å². The van der Waals surface area contributed by atoms with E-state index in [0.29, 0.717) is 16.8 Å². The van der Waals surface area contributed by atoms with E-state index in [4.69, 9.17) is 4.74 Å². The van der Waals surface area contributed by atoms with Crippen molar-refractivity contribution in [1.29, 1.82) is 0 Å². The van der Waals surface area contributed by atoms with Gasteiger partial charge in [0.05, 0.1) is 30.7 Å². The normalized spacial score (nSPS) is 11.0. The van der Waals surface area contributed by atoms with Crippen molar-refractivity contribution in [2.75, 3.05) is 11.4 Å². The topological polar surface area (TPSA) is 63.7 Å². The van der Waals surface area contributed by atoms with Crippen molar-refractivity contribution in [3.8, 4) is 0 Å². The van der Waals surface area contributed by atoms with Crippen molar-refractivity contribution in [3.05, 3.63) is 102 Å². The summed E-state index contributed by atoms with van der Waals surface area (Å²) in [5, 5.41) is 0. The Kier molecular flexibility index (Phi) is 6.11. The molecule has 0 N–H and O–H groups in total. The zero-order valence-corrected chi connectivity index (χ0v) is 16.3. The van der Waals surface area contributed by atoms with E-state index in [1.807, 2.05) is 36.4 Å². The molecule has 144 valence electrons. The maximum atomic E-state index is 13.3. The van der Waals surface area contributed by atoms with E-state index in [2.05, 4.69) is 0 Å². The van der Waals surface area contributed by atoms with Crippen molar-refractivity contribution >= 4 is 21.7 Å². The number of hydrogen-bond donors (Lipinski definition) is 0. The van der Waals surface area contributed by atoms with Gasteiger partial charge in [-0.3, -0.25) is 4.31 Å². The lowest BCUT2D eigenvalue weighted by Crippen LogP contribution is -2.31. The number of carbonyl (C=O) groups excluding carboxylic acids is 1. The quantitative estimate of drug-likeness (QED) is 0.567. The van der Waals surface area contributed by atoms with Crippen LogP contribution in [0.3, 0.4) is 0 Å². The zero-order valence-electron chi connectivity index (χ0n) is 15.5. The van der Waals surface area contributed by atoms with Crippen molar-refractivity contribution in [2.45, 2.75) is 12.3 Å². The number of hydrogen-bond acceptors (Lipinski definition) is 4. The smallest absolute Gasteiger partial charge is 0.337 e. The van der Waals surface area contributed by atoms with Crippen LogP contribution in [0, 0.1) is 0 Å². The average molecular weight is 395 g/mol. The Hall–Kier alpha value is -3.12. The van der Waals surface area contributed by atoms with Crippen molar-refractivity contribution in [1.82, 2.24) is 0 Å². The summed E-state index contributed by atoms with van der Waals surface area (Å²) in [6.07, 6.45) is 0. The molecule has 0 aliphatic carbocycles. The first kappa shape index (κ1) is 19.6. The molecule has 3 aromatic carbocycles. The Bertz CT molecular complexity index is 1030. The summed E-state index contributed by atoms with van der Waals surface area (Å²) in [7, 11) is -2.40. The third-order valence-corrected chi connectivity index (χ3v) is 5.96. The number of ether oxygens (including phenoxy) is 1. The van der Waals surface area contributed by atoms with Crippen LogP contribution in [0.25, 0.3) is 0 Å². The summed E-state index contributed by atoms with van der Waals surface area (Å²) < 4.78 is 32.6. The maximum Gasteiger partial charge on any atom is 0.337 e. The van der Waals surface area contributed by atoms with Crippen LogP contribution < -0.4 is 4.31 Å².